The Balaban J connectivity index is 1.70. The van der Waals surface area contributed by atoms with Gasteiger partial charge < -0.3 is 9.47 Å². The lowest BCUT2D eigenvalue weighted by Crippen LogP contribution is -2.22. The first-order valence-corrected chi connectivity index (χ1v) is 12.6. The van der Waals surface area contributed by atoms with E-state index in [4.69, 9.17) is 26.7 Å². The lowest BCUT2D eigenvalue weighted by molar-refractivity contribution is 0.129. The second-order valence-electron chi connectivity index (χ2n) is 7.51. The molecule has 33 heavy (non-hydrogen) atoms. The van der Waals surface area contributed by atoms with Gasteiger partial charge in [0, 0.05) is 18.4 Å². The van der Waals surface area contributed by atoms with Gasteiger partial charge in [-0.1, -0.05) is 29.2 Å². The molecule has 2 aromatic heterocycles. The van der Waals surface area contributed by atoms with Gasteiger partial charge in [0.15, 0.2) is 14.8 Å². The Bertz CT molecular complexity index is 1420. The van der Waals surface area contributed by atoms with Crippen LogP contribution in [-0.4, -0.2) is 39.7 Å². The molecule has 1 aliphatic rings. The van der Waals surface area contributed by atoms with E-state index in [0.717, 1.165) is 25.1 Å². The first-order chi connectivity index (χ1) is 16.0. The first kappa shape index (κ1) is 22.3. The number of methoxy groups -OCH3 is 1. The molecule has 6 nitrogen and oxygen atoms in total. The monoisotopic (exact) mass is 501 g/mol. The van der Waals surface area contributed by atoms with Gasteiger partial charge in [0.05, 0.1) is 24.6 Å². The Labute approximate surface area is 202 Å². The summed E-state index contributed by atoms with van der Waals surface area (Å²) in [6, 6.07) is 13.3. The van der Waals surface area contributed by atoms with Crippen molar-refractivity contribution in [3.8, 4) is 17.1 Å². The van der Waals surface area contributed by atoms with Crippen LogP contribution in [-0.2, 0) is 4.74 Å². The van der Waals surface area contributed by atoms with Crippen molar-refractivity contribution in [2.45, 2.75) is 24.1 Å². The lowest BCUT2D eigenvalue weighted by atomic mass is 10.3. The van der Waals surface area contributed by atoms with E-state index in [1.807, 2.05) is 24.3 Å². The van der Waals surface area contributed by atoms with Crippen LogP contribution in [0.5, 0.6) is 5.75 Å². The summed E-state index contributed by atoms with van der Waals surface area (Å²) in [5.74, 6) is 0.985. The van der Waals surface area contributed by atoms with Crippen LogP contribution >= 0.6 is 35.3 Å². The summed E-state index contributed by atoms with van der Waals surface area (Å²) < 4.78 is 29.0. The fraction of sp³-hybridized carbons (Fsp3) is 0.261. The molecule has 0 saturated carbocycles. The summed E-state index contributed by atoms with van der Waals surface area (Å²) in [6.45, 7) is 0.752. The highest BCUT2D eigenvalue weighted by Gasteiger charge is 2.22. The number of hydrogen-bond acceptors (Lipinski definition) is 7. The van der Waals surface area contributed by atoms with Crippen LogP contribution in [0.3, 0.4) is 0 Å². The zero-order valence-electron chi connectivity index (χ0n) is 17.7. The summed E-state index contributed by atoms with van der Waals surface area (Å²) in [6.07, 6.45) is 2.13. The molecule has 3 heterocycles. The minimum atomic E-state index is -0.366. The average molecular weight is 502 g/mol. The third-order valence-electron chi connectivity index (χ3n) is 5.40. The lowest BCUT2D eigenvalue weighted by Gasteiger charge is -2.14. The van der Waals surface area contributed by atoms with Gasteiger partial charge >= 0.3 is 0 Å². The quantitative estimate of drug-likeness (QED) is 0.201. The Kier molecular flexibility index (Phi) is 6.33. The summed E-state index contributed by atoms with van der Waals surface area (Å²) in [4.78, 5) is 18.6. The summed E-state index contributed by atoms with van der Waals surface area (Å²) in [5, 5.41) is 0.513. The molecule has 10 heteroatoms. The number of nitrogens with zero attached hydrogens (tertiary/aromatic N) is 3. The van der Waals surface area contributed by atoms with Crippen molar-refractivity contribution in [2.24, 2.45) is 0 Å². The van der Waals surface area contributed by atoms with Gasteiger partial charge in [-0.2, -0.15) is 0 Å². The highest BCUT2D eigenvalue weighted by molar-refractivity contribution is 7.99. The molecule has 0 aliphatic carbocycles. The van der Waals surface area contributed by atoms with Crippen molar-refractivity contribution in [1.82, 2.24) is 14.1 Å². The van der Waals surface area contributed by atoms with Crippen molar-refractivity contribution < 1.29 is 13.9 Å². The maximum atomic E-state index is 13.7. The second-order valence-corrected chi connectivity index (χ2v) is 10.1. The third kappa shape index (κ3) is 4.35. The Morgan fingerprint density at radius 2 is 2.06 bits per heavy atom. The van der Waals surface area contributed by atoms with Crippen LogP contribution in [0.4, 0.5) is 4.39 Å². The van der Waals surface area contributed by atoms with Crippen LogP contribution in [0.2, 0.25) is 0 Å². The molecule has 2 aromatic carbocycles. The zero-order chi connectivity index (χ0) is 22.9. The number of halogens is 1. The van der Waals surface area contributed by atoms with Crippen LogP contribution < -0.4 is 10.3 Å². The molecule has 0 radical (unpaired) electrons. The summed E-state index contributed by atoms with van der Waals surface area (Å²) >= 11 is 8.29. The van der Waals surface area contributed by atoms with E-state index >= 15 is 0 Å². The molecule has 0 unspecified atom stereocenters. The number of benzene rings is 2. The molecule has 0 N–H and O–H groups in total. The smallest absolute Gasteiger partial charge is 0.278 e. The molecule has 0 spiro atoms. The van der Waals surface area contributed by atoms with E-state index in [0.29, 0.717) is 36.6 Å². The molecule has 170 valence electrons. The van der Waals surface area contributed by atoms with Crippen LogP contribution in [0.25, 0.3) is 21.7 Å². The fourth-order valence-corrected chi connectivity index (χ4v) is 6.14. The number of fused-ring (bicyclic) bond motifs is 1. The van der Waals surface area contributed by atoms with Gasteiger partial charge in [0.25, 0.3) is 5.56 Å². The number of aromatic nitrogens is 3. The van der Waals surface area contributed by atoms with Crippen molar-refractivity contribution in [1.29, 1.82) is 0 Å². The van der Waals surface area contributed by atoms with Gasteiger partial charge in [-0.15, -0.1) is 0 Å². The number of rotatable bonds is 6. The van der Waals surface area contributed by atoms with E-state index in [1.165, 1.54) is 39.8 Å². The molecule has 1 fully saturated rings. The average Bonchev–Trinajstić information content (AvgIpc) is 3.46. The molecule has 1 aliphatic heterocycles. The minimum absolute atomic E-state index is 0.117. The molecular weight excluding hydrogens is 481 g/mol. The van der Waals surface area contributed by atoms with Crippen molar-refractivity contribution in [2.75, 3.05) is 19.5 Å². The fourth-order valence-electron chi connectivity index (χ4n) is 3.77. The van der Waals surface area contributed by atoms with Crippen LogP contribution in [0, 0.1) is 9.77 Å². The highest BCUT2D eigenvalue weighted by Crippen LogP contribution is 2.30. The number of ether oxygens (including phenoxy) is 2. The topological polar surface area (TPSA) is 58.3 Å². The van der Waals surface area contributed by atoms with Crippen molar-refractivity contribution >= 4 is 45.7 Å². The van der Waals surface area contributed by atoms with Gasteiger partial charge in [0.1, 0.15) is 16.3 Å². The van der Waals surface area contributed by atoms with Gasteiger partial charge in [-0.05, 0) is 61.5 Å². The Morgan fingerprint density at radius 3 is 2.79 bits per heavy atom. The van der Waals surface area contributed by atoms with E-state index in [9.17, 15) is 9.18 Å². The minimum Gasteiger partial charge on any atom is -0.497 e. The van der Waals surface area contributed by atoms with Crippen LogP contribution in [0.15, 0.2) is 58.5 Å². The van der Waals surface area contributed by atoms with Gasteiger partial charge in [-0.3, -0.25) is 13.9 Å². The van der Waals surface area contributed by atoms with Crippen molar-refractivity contribution in [3.05, 3.63) is 68.7 Å². The Morgan fingerprint density at radius 1 is 1.24 bits per heavy atom. The van der Waals surface area contributed by atoms with E-state index in [1.54, 1.807) is 23.8 Å². The normalized spacial score (nSPS) is 15.9. The van der Waals surface area contributed by atoms with E-state index < -0.39 is 0 Å². The zero-order valence-corrected chi connectivity index (χ0v) is 20.1. The second kappa shape index (κ2) is 9.38. The molecule has 4 aromatic rings. The largest absolute Gasteiger partial charge is 0.497 e. The third-order valence-corrected chi connectivity index (χ3v) is 7.82. The predicted molar refractivity (Wildman–Crippen MR) is 132 cm³/mol. The number of thiazole rings is 1. The maximum absolute atomic E-state index is 13.7. The molecule has 1 atom stereocenters. The molecule has 0 bridgehead atoms. The molecular formula is C23H20FN3O3S3. The SMILES string of the molecule is COc1cccc(-n2c(=S)sc3c(=O)n(-c4ccc(F)cc4)c(SC[C@@H]4CCCO4)nc32)c1. The van der Waals surface area contributed by atoms with Gasteiger partial charge in [0.2, 0.25) is 0 Å². The summed E-state index contributed by atoms with van der Waals surface area (Å²) in [7, 11) is 1.60. The van der Waals surface area contributed by atoms with E-state index in [-0.39, 0.29) is 17.5 Å². The standard InChI is InChI=1S/C23H20FN3O3S3/c1-29-17-5-2-4-16(12-17)26-20-19(33-23(26)31)21(28)27(15-9-7-14(24)8-10-15)22(25-20)32-13-18-6-3-11-30-18/h2,4-5,7-10,12,18H,3,6,11,13H2,1H3/t18-/m0/s1. The molecule has 0 amide bonds. The van der Waals surface area contributed by atoms with Crippen LogP contribution in [0.1, 0.15) is 12.8 Å². The predicted octanol–water partition coefficient (Wildman–Crippen LogP) is 5.39. The maximum Gasteiger partial charge on any atom is 0.278 e. The summed E-state index contributed by atoms with van der Waals surface area (Å²) in [5.41, 5.74) is 1.58. The number of thioether (sulfide) groups is 1. The molecule has 1 saturated heterocycles. The Hall–Kier alpha value is -2.53. The first-order valence-electron chi connectivity index (χ1n) is 10.4. The van der Waals surface area contributed by atoms with Crippen molar-refractivity contribution in [3.63, 3.8) is 0 Å². The number of hydrogen-bond donors (Lipinski definition) is 0. The highest BCUT2D eigenvalue weighted by atomic mass is 32.2. The van der Waals surface area contributed by atoms with E-state index in [2.05, 4.69) is 0 Å². The molecule has 5 rings (SSSR count). The van der Waals surface area contributed by atoms with Gasteiger partial charge in [-0.25, -0.2) is 9.37 Å².